The van der Waals surface area contributed by atoms with Gasteiger partial charge in [0.05, 0.1) is 4.90 Å². The van der Waals surface area contributed by atoms with Gasteiger partial charge in [-0.05, 0) is 38.2 Å². The molecule has 2 rings (SSSR count). The minimum absolute atomic E-state index is 0.000994. The van der Waals surface area contributed by atoms with Gasteiger partial charge in [-0.1, -0.05) is 12.1 Å². The van der Waals surface area contributed by atoms with E-state index < -0.39 is 10.0 Å². The zero-order valence-electron chi connectivity index (χ0n) is 15.4. The van der Waals surface area contributed by atoms with Gasteiger partial charge in [0.15, 0.2) is 0 Å². The van der Waals surface area contributed by atoms with Crippen LogP contribution in [0.5, 0.6) is 0 Å². The fourth-order valence-electron chi connectivity index (χ4n) is 2.91. The monoisotopic (exact) mass is 382 g/mol. The Bertz CT molecular complexity index is 749. The number of likely N-dealkylation sites (N-methyl/N-ethyl adjacent to an activating group) is 2. The minimum Gasteiger partial charge on any atom is -0.358 e. The van der Waals surface area contributed by atoms with Crippen molar-refractivity contribution in [3.63, 3.8) is 0 Å². The van der Waals surface area contributed by atoms with Crippen molar-refractivity contribution in [3.05, 3.63) is 29.8 Å². The molecular weight excluding hydrogens is 356 g/mol. The molecule has 1 aliphatic rings. The van der Waals surface area contributed by atoms with E-state index in [2.05, 4.69) is 10.0 Å². The van der Waals surface area contributed by atoms with E-state index in [9.17, 15) is 18.0 Å². The van der Waals surface area contributed by atoms with E-state index in [0.29, 0.717) is 32.5 Å². The SMILES string of the molecule is CNC(=O)[C@@H]1CN(C(=O)CCc2ccc(S(=O)(=O)NC)cc2)CCN1C. The molecule has 1 fully saturated rings. The average Bonchev–Trinajstić information content (AvgIpc) is 2.66. The minimum atomic E-state index is -3.45. The molecule has 0 bridgehead atoms. The van der Waals surface area contributed by atoms with E-state index in [0.717, 1.165) is 5.56 Å². The van der Waals surface area contributed by atoms with E-state index in [1.807, 2.05) is 11.9 Å². The van der Waals surface area contributed by atoms with Gasteiger partial charge in [-0.25, -0.2) is 13.1 Å². The van der Waals surface area contributed by atoms with Crippen molar-refractivity contribution in [1.82, 2.24) is 19.8 Å². The van der Waals surface area contributed by atoms with Gasteiger partial charge in [-0.3, -0.25) is 14.5 Å². The van der Waals surface area contributed by atoms with Gasteiger partial charge >= 0.3 is 0 Å². The summed E-state index contributed by atoms with van der Waals surface area (Å²) in [6.07, 6.45) is 0.845. The number of nitrogens with one attached hydrogen (secondary N) is 2. The Hall–Kier alpha value is -1.97. The molecule has 0 aliphatic carbocycles. The molecule has 0 radical (unpaired) electrons. The van der Waals surface area contributed by atoms with Crippen LogP contribution in [0.1, 0.15) is 12.0 Å². The number of hydrogen-bond donors (Lipinski definition) is 2. The van der Waals surface area contributed by atoms with Crippen LogP contribution in [-0.2, 0) is 26.0 Å². The van der Waals surface area contributed by atoms with Crippen LogP contribution in [-0.4, -0.2) is 76.9 Å². The van der Waals surface area contributed by atoms with Crippen LogP contribution in [0.25, 0.3) is 0 Å². The van der Waals surface area contributed by atoms with Crippen LogP contribution in [0, 0.1) is 0 Å². The van der Waals surface area contributed by atoms with Crippen molar-refractivity contribution < 1.29 is 18.0 Å². The first-order chi connectivity index (χ1) is 12.3. The van der Waals surface area contributed by atoms with Crippen molar-refractivity contribution in [3.8, 4) is 0 Å². The second kappa shape index (κ2) is 8.61. The molecule has 0 saturated carbocycles. The predicted octanol–water partition coefficient (Wildman–Crippen LogP) is -0.584. The third-order valence-electron chi connectivity index (χ3n) is 4.68. The zero-order valence-corrected chi connectivity index (χ0v) is 16.2. The maximum absolute atomic E-state index is 12.5. The molecule has 1 atom stereocenters. The Morgan fingerprint density at radius 2 is 1.81 bits per heavy atom. The average molecular weight is 382 g/mol. The summed E-state index contributed by atoms with van der Waals surface area (Å²) in [7, 11) is 1.38. The summed E-state index contributed by atoms with van der Waals surface area (Å²) in [6.45, 7) is 1.64. The Morgan fingerprint density at radius 1 is 1.15 bits per heavy atom. The third kappa shape index (κ3) is 4.80. The normalized spacial score (nSPS) is 18.6. The smallest absolute Gasteiger partial charge is 0.240 e. The van der Waals surface area contributed by atoms with Crippen LogP contribution in [0.3, 0.4) is 0 Å². The first kappa shape index (κ1) is 20.3. The topological polar surface area (TPSA) is 98.8 Å². The maximum atomic E-state index is 12.5. The van der Waals surface area contributed by atoms with Crippen LogP contribution >= 0.6 is 0 Å². The lowest BCUT2D eigenvalue weighted by Gasteiger charge is -2.38. The first-order valence-electron chi connectivity index (χ1n) is 8.50. The molecule has 1 aliphatic heterocycles. The van der Waals surface area contributed by atoms with E-state index >= 15 is 0 Å². The summed E-state index contributed by atoms with van der Waals surface area (Å²) in [5, 5.41) is 2.63. The quantitative estimate of drug-likeness (QED) is 0.686. The molecule has 0 spiro atoms. The van der Waals surface area contributed by atoms with E-state index in [4.69, 9.17) is 0 Å². The van der Waals surface area contributed by atoms with Crippen LogP contribution in [0.2, 0.25) is 0 Å². The second-order valence-electron chi connectivity index (χ2n) is 6.30. The molecule has 1 aromatic carbocycles. The summed E-state index contributed by atoms with van der Waals surface area (Å²) < 4.78 is 25.7. The van der Waals surface area contributed by atoms with Gasteiger partial charge in [0.2, 0.25) is 21.8 Å². The highest BCUT2D eigenvalue weighted by Crippen LogP contribution is 2.14. The summed E-state index contributed by atoms with van der Waals surface area (Å²) in [4.78, 5) is 28.3. The number of rotatable bonds is 6. The molecule has 1 saturated heterocycles. The molecule has 1 heterocycles. The molecule has 8 nitrogen and oxygen atoms in total. The van der Waals surface area contributed by atoms with Gasteiger partial charge in [0, 0.05) is 33.1 Å². The molecular formula is C17H26N4O4S. The Balaban J connectivity index is 1.93. The fraction of sp³-hybridized carbons (Fsp3) is 0.529. The zero-order chi connectivity index (χ0) is 19.3. The molecule has 1 aromatic rings. The van der Waals surface area contributed by atoms with E-state index in [1.165, 1.54) is 19.2 Å². The number of benzene rings is 1. The van der Waals surface area contributed by atoms with Crippen molar-refractivity contribution in [2.24, 2.45) is 0 Å². The predicted molar refractivity (Wildman–Crippen MR) is 98.1 cm³/mol. The van der Waals surface area contributed by atoms with Gasteiger partial charge in [0.1, 0.15) is 6.04 Å². The number of carbonyl (C=O) groups excluding carboxylic acids is 2. The summed E-state index contributed by atoms with van der Waals surface area (Å²) in [6, 6.07) is 6.17. The van der Waals surface area contributed by atoms with Gasteiger partial charge < -0.3 is 10.2 Å². The van der Waals surface area contributed by atoms with Gasteiger partial charge in [0.25, 0.3) is 0 Å². The standard InChI is InChI=1S/C17H26N4O4S/c1-18-17(23)15-12-21(11-10-20(15)3)16(22)9-6-13-4-7-14(8-5-13)26(24,25)19-2/h4-5,7-8,15,19H,6,9-12H2,1-3H3,(H,18,23)/t15-/m0/s1. The molecule has 2 amide bonds. The highest BCUT2D eigenvalue weighted by atomic mass is 32.2. The Labute approximate surface area is 154 Å². The van der Waals surface area contributed by atoms with Crippen LogP contribution in [0.4, 0.5) is 0 Å². The third-order valence-corrected chi connectivity index (χ3v) is 6.11. The highest BCUT2D eigenvalue weighted by Gasteiger charge is 2.31. The number of piperazine rings is 1. The Kier molecular flexibility index (Phi) is 6.74. The summed E-state index contributed by atoms with van der Waals surface area (Å²) in [5.41, 5.74) is 0.894. The Morgan fingerprint density at radius 3 is 2.38 bits per heavy atom. The van der Waals surface area contributed by atoms with Gasteiger partial charge in [-0.2, -0.15) is 0 Å². The number of carbonyl (C=O) groups is 2. The van der Waals surface area contributed by atoms with Gasteiger partial charge in [-0.15, -0.1) is 0 Å². The van der Waals surface area contributed by atoms with Crippen molar-refractivity contribution in [2.45, 2.75) is 23.8 Å². The number of hydrogen-bond acceptors (Lipinski definition) is 5. The van der Waals surface area contributed by atoms with E-state index in [-0.39, 0.29) is 22.8 Å². The number of sulfonamides is 1. The lowest BCUT2D eigenvalue weighted by molar-refractivity contribution is -0.137. The first-order valence-corrected chi connectivity index (χ1v) is 9.99. The summed E-state index contributed by atoms with van der Waals surface area (Å²) >= 11 is 0. The number of amides is 2. The lowest BCUT2D eigenvalue weighted by atomic mass is 10.1. The molecule has 9 heteroatoms. The van der Waals surface area contributed by atoms with Crippen molar-refractivity contribution in [1.29, 1.82) is 0 Å². The van der Waals surface area contributed by atoms with Crippen molar-refractivity contribution in [2.75, 3.05) is 40.8 Å². The summed E-state index contributed by atoms with van der Waals surface area (Å²) in [5.74, 6) is -0.0924. The number of aryl methyl sites for hydroxylation is 1. The van der Waals surface area contributed by atoms with Crippen LogP contribution in [0.15, 0.2) is 29.2 Å². The molecule has 0 unspecified atom stereocenters. The fourth-order valence-corrected chi connectivity index (χ4v) is 3.64. The largest absolute Gasteiger partial charge is 0.358 e. The molecule has 144 valence electrons. The van der Waals surface area contributed by atoms with E-state index in [1.54, 1.807) is 24.1 Å². The second-order valence-corrected chi connectivity index (χ2v) is 8.19. The van der Waals surface area contributed by atoms with Crippen LogP contribution < -0.4 is 10.0 Å². The molecule has 26 heavy (non-hydrogen) atoms. The lowest BCUT2D eigenvalue weighted by Crippen LogP contribution is -2.58. The number of nitrogens with zero attached hydrogens (tertiary/aromatic N) is 2. The molecule has 2 N–H and O–H groups in total. The highest BCUT2D eigenvalue weighted by molar-refractivity contribution is 7.89. The van der Waals surface area contributed by atoms with Crippen molar-refractivity contribution >= 4 is 21.8 Å². The molecule has 0 aromatic heterocycles. The maximum Gasteiger partial charge on any atom is 0.240 e.